The molecular formula is C19H29N3O3. The summed E-state index contributed by atoms with van der Waals surface area (Å²) in [6, 6.07) is 8.81. The molecule has 0 aliphatic carbocycles. The van der Waals surface area contributed by atoms with Crippen molar-refractivity contribution in [2.45, 2.75) is 31.9 Å². The summed E-state index contributed by atoms with van der Waals surface area (Å²) in [5, 5.41) is 3.21. The molecular weight excluding hydrogens is 318 g/mol. The Balaban J connectivity index is 1.53. The van der Waals surface area contributed by atoms with Gasteiger partial charge in [-0.1, -0.05) is 17.7 Å². The van der Waals surface area contributed by atoms with Crippen LogP contribution in [0.3, 0.4) is 0 Å². The number of aryl methyl sites for hydroxylation is 1. The third kappa shape index (κ3) is 4.86. The summed E-state index contributed by atoms with van der Waals surface area (Å²) in [5.74, 6) is 0. The minimum absolute atomic E-state index is 0.0140. The lowest BCUT2D eigenvalue weighted by Crippen LogP contribution is -2.55. The zero-order chi connectivity index (χ0) is 17.6. The van der Waals surface area contributed by atoms with Crippen LogP contribution in [0, 0.1) is 6.92 Å². The number of morpholine rings is 1. The van der Waals surface area contributed by atoms with Gasteiger partial charge in [-0.3, -0.25) is 0 Å². The minimum Gasteiger partial charge on any atom is -0.382 e. The van der Waals surface area contributed by atoms with E-state index in [1.54, 1.807) is 7.11 Å². The number of piperidine rings is 1. The van der Waals surface area contributed by atoms with E-state index in [0.29, 0.717) is 26.3 Å². The van der Waals surface area contributed by atoms with E-state index < -0.39 is 0 Å². The fourth-order valence-corrected chi connectivity index (χ4v) is 3.54. The summed E-state index contributed by atoms with van der Waals surface area (Å²) in [4.78, 5) is 16.8. The molecule has 25 heavy (non-hydrogen) atoms. The van der Waals surface area contributed by atoms with E-state index in [0.717, 1.165) is 25.9 Å². The summed E-state index contributed by atoms with van der Waals surface area (Å²) in [7, 11) is 1.66. The highest BCUT2D eigenvalue weighted by Gasteiger charge is 2.27. The van der Waals surface area contributed by atoms with Crippen molar-refractivity contribution in [3.8, 4) is 0 Å². The number of hydrogen-bond acceptors (Lipinski definition) is 4. The standard InChI is InChI=1S/C19H29N3O3/c1-15-5-7-17(8-6-15)21-9-3-4-16(12-21)20-19(23)22-10-11-25-18(13-22)14-24-2/h5-8,16,18H,3-4,9-14H2,1-2H3,(H,20,23)/t16-,18-/m0/s1. The molecule has 1 aromatic rings. The molecule has 1 N–H and O–H groups in total. The molecule has 138 valence electrons. The van der Waals surface area contributed by atoms with Crippen molar-refractivity contribution in [1.82, 2.24) is 10.2 Å². The first-order valence-electron chi connectivity index (χ1n) is 9.13. The van der Waals surface area contributed by atoms with Crippen molar-refractivity contribution in [2.75, 3.05) is 51.4 Å². The highest BCUT2D eigenvalue weighted by atomic mass is 16.5. The number of hydrogen-bond donors (Lipinski definition) is 1. The normalized spacial score (nSPS) is 24.2. The van der Waals surface area contributed by atoms with Gasteiger partial charge in [-0.2, -0.15) is 0 Å². The van der Waals surface area contributed by atoms with Gasteiger partial charge in [-0.25, -0.2) is 4.79 Å². The lowest BCUT2D eigenvalue weighted by molar-refractivity contribution is -0.0496. The average Bonchev–Trinajstić information content (AvgIpc) is 2.63. The third-order valence-electron chi connectivity index (χ3n) is 4.93. The van der Waals surface area contributed by atoms with Gasteiger partial charge in [-0.05, 0) is 31.9 Å². The number of urea groups is 1. The first-order valence-corrected chi connectivity index (χ1v) is 9.13. The fourth-order valence-electron chi connectivity index (χ4n) is 3.54. The van der Waals surface area contributed by atoms with Crippen LogP contribution in [-0.4, -0.2) is 69.6 Å². The lowest BCUT2D eigenvalue weighted by Gasteiger charge is -2.37. The largest absolute Gasteiger partial charge is 0.382 e. The van der Waals surface area contributed by atoms with Gasteiger partial charge in [0.25, 0.3) is 0 Å². The summed E-state index contributed by atoms with van der Waals surface area (Å²) in [6.45, 7) is 6.33. The van der Waals surface area contributed by atoms with Crippen molar-refractivity contribution in [1.29, 1.82) is 0 Å². The van der Waals surface area contributed by atoms with Crippen molar-refractivity contribution in [3.63, 3.8) is 0 Å². The Bertz CT molecular complexity index is 562. The molecule has 2 amide bonds. The Morgan fingerprint density at radius 1 is 1.28 bits per heavy atom. The Morgan fingerprint density at radius 3 is 2.84 bits per heavy atom. The van der Waals surface area contributed by atoms with Crippen LogP contribution in [0.2, 0.25) is 0 Å². The number of nitrogens with zero attached hydrogens (tertiary/aromatic N) is 2. The van der Waals surface area contributed by atoms with Crippen molar-refractivity contribution < 1.29 is 14.3 Å². The molecule has 0 bridgehead atoms. The monoisotopic (exact) mass is 347 g/mol. The van der Waals surface area contributed by atoms with Gasteiger partial charge in [0.15, 0.2) is 0 Å². The number of ether oxygens (including phenoxy) is 2. The van der Waals surface area contributed by atoms with E-state index in [4.69, 9.17) is 9.47 Å². The highest BCUT2D eigenvalue weighted by Crippen LogP contribution is 2.20. The van der Waals surface area contributed by atoms with Crippen LogP contribution in [0.15, 0.2) is 24.3 Å². The predicted octanol–water partition coefficient (Wildman–Crippen LogP) is 2.02. The molecule has 0 saturated carbocycles. The SMILES string of the molecule is COC[C@@H]1CN(C(=O)N[C@H]2CCCN(c3ccc(C)cc3)C2)CCO1. The second kappa shape index (κ2) is 8.54. The number of amides is 2. The summed E-state index contributed by atoms with van der Waals surface area (Å²) in [5.41, 5.74) is 2.50. The van der Waals surface area contributed by atoms with E-state index in [-0.39, 0.29) is 18.2 Å². The van der Waals surface area contributed by atoms with E-state index >= 15 is 0 Å². The maximum atomic E-state index is 12.6. The Labute approximate surface area is 150 Å². The molecule has 2 heterocycles. The Kier molecular flexibility index (Phi) is 6.15. The molecule has 1 aromatic carbocycles. The number of carbonyl (C=O) groups excluding carboxylic acids is 1. The predicted molar refractivity (Wildman–Crippen MR) is 98.1 cm³/mol. The van der Waals surface area contributed by atoms with Gasteiger partial charge < -0.3 is 24.6 Å². The summed E-state index contributed by atoms with van der Waals surface area (Å²) in [6.07, 6.45) is 2.09. The molecule has 0 radical (unpaired) electrons. The van der Waals surface area contributed by atoms with Gasteiger partial charge >= 0.3 is 6.03 Å². The van der Waals surface area contributed by atoms with Crippen molar-refractivity contribution in [3.05, 3.63) is 29.8 Å². The number of rotatable bonds is 4. The number of anilines is 1. The minimum atomic E-state index is -0.0279. The van der Waals surface area contributed by atoms with E-state index in [9.17, 15) is 4.79 Å². The molecule has 3 rings (SSSR count). The van der Waals surface area contributed by atoms with Crippen LogP contribution >= 0.6 is 0 Å². The molecule has 2 atom stereocenters. The van der Waals surface area contributed by atoms with Gasteiger partial charge in [0, 0.05) is 38.5 Å². The molecule has 0 aromatic heterocycles. The zero-order valence-corrected chi connectivity index (χ0v) is 15.2. The van der Waals surface area contributed by atoms with Crippen LogP contribution in [0.25, 0.3) is 0 Å². The van der Waals surface area contributed by atoms with Gasteiger partial charge in [0.1, 0.15) is 0 Å². The molecule has 6 nitrogen and oxygen atoms in total. The first kappa shape index (κ1) is 18.0. The molecule has 0 unspecified atom stereocenters. The molecule has 2 aliphatic heterocycles. The average molecular weight is 347 g/mol. The third-order valence-corrected chi connectivity index (χ3v) is 4.93. The van der Waals surface area contributed by atoms with Crippen molar-refractivity contribution in [2.24, 2.45) is 0 Å². The van der Waals surface area contributed by atoms with Crippen LogP contribution in [0.4, 0.5) is 10.5 Å². The maximum absolute atomic E-state index is 12.6. The van der Waals surface area contributed by atoms with Crippen LogP contribution in [0.1, 0.15) is 18.4 Å². The van der Waals surface area contributed by atoms with E-state index in [1.165, 1.54) is 11.3 Å². The number of benzene rings is 1. The smallest absolute Gasteiger partial charge is 0.317 e. The lowest BCUT2D eigenvalue weighted by atomic mass is 10.0. The van der Waals surface area contributed by atoms with Crippen molar-refractivity contribution >= 4 is 11.7 Å². The fraction of sp³-hybridized carbons (Fsp3) is 0.632. The summed E-state index contributed by atoms with van der Waals surface area (Å²) >= 11 is 0. The van der Waals surface area contributed by atoms with Gasteiger partial charge in [0.05, 0.1) is 25.9 Å². The number of carbonyl (C=O) groups is 1. The van der Waals surface area contributed by atoms with Gasteiger partial charge in [0.2, 0.25) is 0 Å². The zero-order valence-electron chi connectivity index (χ0n) is 15.2. The van der Waals surface area contributed by atoms with E-state index in [2.05, 4.69) is 41.4 Å². The summed E-state index contributed by atoms with van der Waals surface area (Å²) < 4.78 is 10.8. The Hall–Kier alpha value is -1.79. The molecule has 2 fully saturated rings. The quantitative estimate of drug-likeness (QED) is 0.905. The number of methoxy groups -OCH3 is 1. The van der Waals surface area contributed by atoms with Crippen LogP contribution in [-0.2, 0) is 9.47 Å². The second-order valence-corrected chi connectivity index (χ2v) is 6.96. The second-order valence-electron chi connectivity index (χ2n) is 6.96. The number of nitrogens with one attached hydrogen (secondary N) is 1. The first-order chi connectivity index (χ1) is 12.2. The van der Waals surface area contributed by atoms with E-state index in [1.807, 2.05) is 4.90 Å². The molecule has 2 aliphatic rings. The van der Waals surface area contributed by atoms with Crippen LogP contribution < -0.4 is 10.2 Å². The molecule has 2 saturated heterocycles. The van der Waals surface area contributed by atoms with Gasteiger partial charge in [-0.15, -0.1) is 0 Å². The topological polar surface area (TPSA) is 54.0 Å². The highest BCUT2D eigenvalue weighted by molar-refractivity contribution is 5.74. The van der Waals surface area contributed by atoms with Crippen LogP contribution in [0.5, 0.6) is 0 Å². The maximum Gasteiger partial charge on any atom is 0.317 e. The molecule has 6 heteroatoms. The Morgan fingerprint density at radius 2 is 2.08 bits per heavy atom. The molecule has 0 spiro atoms.